The van der Waals surface area contributed by atoms with Crippen molar-refractivity contribution in [3.05, 3.63) is 34.9 Å². The van der Waals surface area contributed by atoms with Crippen LogP contribution in [0.5, 0.6) is 0 Å². The molecule has 0 aromatic heterocycles. The van der Waals surface area contributed by atoms with Crippen molar-refractivity contribution in [1.82, 2.24) is 5.32 Å². The van der Waals surface area contributed by atoms with E-state index >= 15 is 0 Å². The molecule has 1 amide bonds. The van der Waals surface area contributed by atoms with E-state index < -0.39 is 0 Å². The Kier molecular flexibility index (Phi) is 3.36. The molecule has 3 rings (SSSR count). The molecule has 0 bridgehead atoms. The number of nitrogens with one attached hydrogen (secondary N) is 1. The summed E-state index contributed by atoms with van der Waals surface area (Å²) in [7, 11) is 0. The predicted octanol–water partition coefficient (Wildman–Crippen LogP) is 3.13. The molecule has 0 atom stereocenters. The van der Waals surface area contributed by atoms with Crippen molar-refractivity contribution in [1.29, 1.82) is 0 Å². The van der Waals surface area contributed by atoms with E-state index in [9.17, 15) is 9.59 Å². The second kappa shape index (κ2) is 5.04. The summed E-state index contributed by atoms with van der Waals surface area (Å²) in [4.78, 5) is 24.8. The number of hydrogen-bond acceptors (Lipinski definition) is 2. The number of rotatable bonds is 2. The monoisotopic (exact) mass is 271 g/mol. The summed E-state index contributed by atoms with van der Waals surface area (Å²) in [6.45, 7) is 2.78. The fraction of sp³-hybridized carbons (Fsp3) is 0.529. The number of ketones is 1. The van der Waals surface area contributed by atoms with Crippen molar-refractivity contribution in [2.45, 2.75) is 45.4 Å². The fourth-order valence-corrected chi connectivity index (χ4v) is 3.45. The Hall–Kier alpha value is -1.64. The topological polar surface area (TPSA) is 46.2 Å². The van der Waals surface area contributed by atoms with Crippen LogP contribution in [-0.4, -0.2) is 18.2 Å². The Balaban J connectivity index is 1.95. The minimum Gasteiger partial charge on any atom is -0.352 e. The van der Waals surface area contributed by atoms with Gasteiger partial charge in [0, 0.05) is 23.1 Å². The van der Waals surface area contributed by atoms with Crippen LogP contribution in [0, 0.1) is 5.41 Å². The van der Waals surface area contributed by atoms with Crippen molar-refractivity contribution in [2.75, 3.05) is 6.54 Å². The molecule has 106 valence electrons. The summed E-state index contributed by atoms with van der Waals surface area (Å²) in [5.74, 6) is 0.165. The lowest BCUT2D eigenvalue weighted by Crippen LogP contribution is -2.26. The summed E-state index contributed by atoms with van der Waals surface area (Å²) in [6.07, 6.45) is 6.06. The Morgan fingerprint density at radius 3 is 2.70 bits per heavy atom. The molecule has 0 spiro atoms. The van der Waals surface area contributed by atoms with Crippen LogP contribution < -0.4 is 5.32 Å². The van der Waals surface area contributed by atoms with Crippen LogP contribution >= 0.6 is 0 Å². The number of carbonyl (C=O) groups is 2. The van der Waals surface area contributed by atoms with Crippen LogP contribution in [0.1, 0.15) is 65.3 Å². The van der Waals surface area contributed by atoms with Crippen molar-refractivity contribution in [2.24, 2.45) is 5.41 Å². The summed E-state index contributed by atoms with van der Waals surface area (Å²) >= 11 is 0. The van der Waals surface area contributed by atoms with Crippen molar-refractivity contribution in [3.63, 3.8) is 0 Å². The molecule has 3 nitrogen and oxygen atoms in total. The minimum atomic E-state index is -0.227. The second-order valence-corrected chi connectivity index (χ2v) is 6.33. The normalized spacial score (nSPS) is 20.9. The lowest BCUT2D eigenvalue weighted by Gasteiger charge is -2.22. The first-order chi connectivity index (χ1) is 9.60. The number of hydrogen-bond donors (Lipinski definition) is 1. The zero-order valence-electron chi connectivity index (χ0n) is 12.0. The van der Waals surface area contributed by atoms with Gasteiger partial charge < -0.3 is 5.32 Å². The van der Waals surface area contributed by atoms with Crippen LogP contribution in [0.15, 0.2) is 18.2 Å². The number of aryl methyl sites for hydroxylation is 1. The number of fused-ring (bicyclic) bond motifs is 1. The largest absolute Gasteiger partial charge is 0.352 e. The molecule has 1 heterocycles. The van der Waals surface area contributed by atoms with Crippen LogP contribution in [0.2, 0.25) is 0 Å². The van der Waals surface area contributed by atoms with Gasteiger partial charge in [-0.15, -0.1) is 0 Å². The maximum atomic E-state index is 12.7. The highest BCUT2D eigenvalue weighted by Crippen LogP contribution is 2.40. The third kappa shape index (κ3) is 2.26. The highest BCUT2D eigenvalue weighted by Gasteiger charge is 2.37. The number of amides is 1. The van der Waals surface area contributed by atoms with E-state index in [0.29, 0.717) is 17.7 Å². The lowest BCUT2D eigenvalue weighted by atomic mass is 9.80. The van der Waals surface area contributed by atoms with Gasteiger partial charge in [0.2, 0.25) is 0 Å². The minimum absolute atomic E-state index is 0.0382. The van der Waals surface area contributed by atoms with Crippen LogP contribution in [0.25, 0.3) is 0 Å². The lowest BCUT2D eigenvalue weighted by molar-refractivity contribution is 0.0823. The number of benzene rings is 1. The number of Topliss-reactive ketones (excluding diaryl/α,β-unsaturated/α-hetero) is 1. The first-order valence-electron chi connectivity index (χ1n) is 7.56. The molecule has 0 saturated heterocycles. The summed E-state index contributed by atoms with van der Waals surface area (Å²) in [5.41, 5.74) is 2.23. The maximum absolute atomic E-state index is 12.7. The molecule has 1 saturated carbocycles. The van der Waals surface area contributed by atoms with E-state index in [1.807, 2.05) is 18.2 Å². The molecule has 1 N–H and O–H groups in total. The standard InChI is InChI=1S/C17H21NO2/c1-17(8-2-3-9-17)15(19)13-7-6-12-5-4-10-18-16(20)14(12)11-13/h6-7,11H,2-5,8-10H2,1H3,(H,18,20). The van der Waals surface area contributed by atoms with Gasteiger partial charge in [-0.3, -0.25) is 9.59 Å². The summed E-state index contributed by atoms with van der Waals surface area (Å²) in [6, 6.07) is 5.68. The van der Waals surface area contributed by atoms with Crippen LogP contribution in [0.3, 0.4) is 0 Å². The molecular formula is C17H21NO2. The molecule has 0 radical (unpaired) electrons. The van der Waals surface area contributed by atoms with Gasteiger partial charge in [0.25, 0.3) is 5.91 Å². The molecule has 1 fully saturated rings. The van der Waals surface area contributed by atoms with Gasteiger partial charge in [-0.2, -0.15) is 0 Å². The zero-order chi connectivity index (χ0) is 14.2. The van der Waals surface area contributed by atoms with E-state index in [-0.39, 0.29) is 17.1 Å². The van der Waals surface area contributed by atoms with E-state index in [1.54, 1.807) is 0 Å². The molecule has 2 aliphatic rings. The van der Waals surface area contributed by atoms with E-state index in [4.69, 9.17) is 0 Å². The zero-order valence-corrected chi connectivity index (χ0v) is 12.0. The molecule has 0 unspecified atom stereocenters. The van der Waals surface area contributed by atoms with Gasteiger partial charge in [0.05, 0.1) is 0 Å². The first kappa shape index (κ1) is 13.3. The van der Waals surface area contributed by atoms with Crippen LogP contribution in [-0.2, 0) is 6.42 Å². The highest BCUT2D eigenvalue weighted by molar-refractivity contribution is 6.04. The molecule has 3 heteroatoms. The van der Waals surface area contributed by atoms with E-state index in [0.717, 1.165) is 44.1 Å². The third-order valence-corrected chi connectivity index (χ3v) is 4.78. The predicted molar refractivity (Wildman–Crippen MR) is 78.0 cm³/mol. The van der Waals surface area contributed by atoms with Crippen LogP contribution in [0.4, 0.5) is 0 Å². The smallest absolute Gasteiger partial charge is 0.251 e. The van der Waals surface area contributed by atoms with Gasteiger partial charge in [-0.1, -0.05) is 31.9 Å². The molecular weight excluding hydrogens is 250 g/mol. The first-order valence-corrected chi connectivity index (χ1v) is 7.56. The van der Waals surface area contributed by atoms with Gasteiger partial charge in [0.1, 0.15) is 0 Å². The Labute approximate surface area is 119 Å². The molecule has 1 aromatic carbocycles. The second-order valence-electron chi connectivity index (χ2n) is 6.33. The SMILES string of the molecule is CC1(C(=O)c2ccc3c(c2)C(=O)NCCC3)CCCC1. The number of carbonyl (C=O) groups excluding carboxylic acids is 2. The van der Waals surface area contributed by atoms with Gasteiger partial charge in [0.15, 0.2) is 5.78 Å². The quantitative estimate of drug-likeness (QED) is 0.840. The summed E-state index contributed by atoms with van der Waals surface area (Å²) < 4.78 is 0. The molecule has 1 aliphatic heterocycles. The Morgan fingerprint density at radius 1 is 1.20 bits per heavy atom. The average Bonchev–Trinajstić information content (AvgIpc) is 2.82. The van der Waals surface area contributed by atoms with Crippen molar-refractivity contribution < 1.29 is 9.59 Å². The molecule has 1 aromatic rings. The van der Waals surface area contributed by atoms with Gasteiger partial charge in [-0.05, 0) is 37.3 Å². The van der Waals surface area contributed by atoms with Crippen molar-refractivity contribution in [3.8, 4) is 0 Å². The Bertz CT molecular complexity index is 556. The summed E-state index contributed by atoms with van der Waals surface area (Å²) in [5, 5.41) is 2.90. The van der Waals surface area contributed by atoms with Crippen molar-refractivity contribution >= 4 is 11.7 Å². The highest BCUT2D eigenvalue weighted by atomic mass is 16.1. The van der Waals surface area contributed by atoms with E-state index in [2.05, 4.69) is 12.2 Å². The van der Waals surface area contributed by atoms with Gasteiger partial charge in [-0.25, -0.2) is 0 Å². The average molecular weight is 271 g/mol. The maximum Gasteiger partial charge on any atom is 0.251 e. The van der Waals surface area contributed by atoms with E-state index in [1.165, 1.54) is 0 Å². The Morgan fingerprint density at radius 2 is 1.95 bits per heavy atom. The molecule has 20 heavy (non-hydrogen) atoms. The fourth-order valence-electron chi connectivity index (χ4n) is 3.45. The molecule has 1 aliphatic carbocycles. The third-order valence-electron chi connectivity index (χ3n) is 4.78. The van der Waals surface area contributed by atoms with Gasteiger partial charge >= 0.3 is 0 Å².